The van der Waals surface area contributed by atoms with E-state index in [0.717, 1.165) is 19.3 Å². The summed E-state index contributed by atoms with van der Waals surface area (Å²) >= 11 is 0. The van der Waals surface area contributed by atoms with Gasteiger partial charge in [-0.15, -0.1) is 0 Å². The highest BCUT2D eigenvalue weighted by Crippen LogP contribution is 2.32. The molecule has 0 aromatic rings. The zero-order valence-electron chi connectivity index (χ0n) is 9.41. The monoisotopic (exact) mass is 214 g/mol. The second kappa shape index (κ2) is 6.08. The van der Waals surface area contributed by atoms with E-state index in [0.29, 0.717) is 25.4 Å². The lowest BCUT2D eigenvalue weighted by atomic mass is 10.0. The smallest absolute Gasteiger partial charge is 0.220 e. The summed E-state index contributed by atoms with van der Waals surface area (Å²) in [4.78, 5) is 11.4. The summed E-state index contributed by atoms with van der Waals surface area (Å²) in [7, 11) is 0. The Kier molecular flexibility index (Phi) is 5.05. The molecule has 4 N–H and O–H groups in total. The fourth-order valence-corrected chi connectivity index (χ4v) is 1.59. The maximum atomic E-state index is 11.4. The Morgan fingerprint density at radius 2 is 2.27 bits per heavy atom. The lowest BCUT2D eigenvalue weighted by molar-refractivity contribution is -0.122. The molecule has 1 fully saturated rings. The van der Waals surface area contributed by atoms with E-state index >= 15 is 0 Å². The summed E-state index contributed by atoms with van der Waals surface area (Å²) in [5, 5.41) is 12.3. The van der Waals surface area contributed by atoms with Crippen LogP contribution in [0.3, 0.4) is 0 Å². The molecule has 4 heteroatoms. The topological polar surface area (TPSA) is 75.4 Å². The van der Waals surface area contributed by atoms with Crippen molar-refractivity contribution in [3.05, 3.63) is 0 Å². The highest BCUT2D eigenvalue weighted by atomic mass is 16.3. The average molecular weight is 214 g/mol. The molecule has 1 amide bonds. The highest BCUT2D eigenvalue weighted by molar-refractivity contribution is 5.76. The molecule has 0 heterocycles. The largest absolute Gasteiger partial charge is 0.391 e. The van der Waals surface area contributed by atoms with Crippen LogP contribution < -0.4 is 11.1 Å². The van der Waals surface area contributed by atoms with E-state index in [1.807, 2.05) is 6.92 Å². The van der Waals surface area contributed by atoms with Gasteiger partial charge in [0.1, 0.15) is 0 Å². The van der Waals surface area contributed by atoms with Crippen LogP contribution in [0.15, 0.2) is 0 Å². The third-order valence-electron chi connectivity index (χ3n) is 3.06. The van der Waals surface area contributed by atoms with E-state index in [9.17, 15) is 9.90 Å². The maximum absolute atomic E-state index is 11.4. The molecular formula is C11H22N2O2. The fraction of sp³-hybridized carbons (Fsp3) is 0.909. The van der Waals surface area contributed by atoms with E-state index in [4.69, 9.17) is 5.73 Å². The van der Waals surface area contributed by atoms with Gasteiger partial charge in [-0.2, -0.15) is 0 Å². The molecule has 2 atom stereocenters. The van der Waals surface area contributed by atoms with Crippen molar-refractivity contribution in [3.8, 4) is 0 Å². The molecule has 0 radical (unpaired) electrons. The SMILES string of the molecule is CCC(CN)CC(=O)NCC(O)C1CC1. The summed E-state index contributed by atoms with van der Waals surface area (Å²) in [6, 6.07) is 0. The Balaban J connectivity index is 2.11. The van der Waals surface area contributed by atoms with Crippen molar-refractivity contribution >= 4 is 5.91 Å². The highest BCUT2D eigenvalue weighted by Gasteiger charge is 2.29. The maximum Gasteiger partial charge on any atom is 0.220 e. The molecule has 0 saturated heterocycles. The number of aliphatic hydroxyl groups excluding tert-OH is 1. The molecule has 88 valence electrons. The second-order valence-electron chi connectivity index (χ2n) is 4.42. The standard InChI is InChI=1S/C11H22N2O2/c1-2-8(6-12)5-11(15)13-7-10(14)9-3-4-9/h8-10,14H,2-7,12H2,1H3,(H,13,15). The van der Waals surface area contributed by atoms with Crippen LogP contribution in [0.2, 0.25) is 0 Å². The summed E-state index contributed by atoms with van der Waals surface area (Å²) in [5.74, 6) is 0.692. The third kappa shape index (κ3) is 4.62. The Labute approximate surface area is 91.2 Å². The average Bonchev–Trinajstić information content (AvgIpc) is 3.06. The number of carbonyl (C=O) groups excluding carboxylic acids is 1. The number of nitrogens with one attached hydrogen (secondary N) is 1. The normalized spacial score (nSPS) is 19.7. The number of hydrogen-bond acceptors (Lipinski definition) is 3. The Morgan fingerprint density at radius 1 is 1.60 bits per heavy atom. The number of rotatable bonds is 7. The molecule has 2 unspecified atom stereocenters. The second-order valence-corrected chi connectivity index (χ2v) is 4.42. The molecular weight excluding hydrogens is 192 g/mol. The summed E-state index contributed by atoms with van der Waals surface area (Å²) in [6.45, 7) is 2.98. The predicted octanol–water partition coefficient (Wildman–Crippen LogP) is 0.249. The molecule has 1 aliphatic rings. The van der Waals surface area contributed by atoms with Crippen LogP contribution in [-0.4, -0.2) is 30.2 Å². The Hall–Kier alpha value is -0.610. The minimum atomic E-state index is -0.355. The van der Waals surface area contributed by atoms with Crippen molar-refractivity contribution in [2.24, 2.45) is 17.6 Å². The molecule has 0 bridgehead atoms. The van der Waals surface area contributed by atoms with Crippen LogP contribution in [0.25, 0.3) is 0 Å². The molecule has 0 spiro atoms. The van der Waals surface area contributed by atoms with Gasteiger partial charge < -0.3 is 16.2 Å². The van der Waals surface area contributed by atoms with Gasteiger partial charge in [-0.1, -0.05) is 13.3 Å². The van der Waals surface area contributed by atoms with Gasteiger partial charge in [-0.05, 0) is 31.2 Å². The third-order valence-corrected chi connectivity index (χ3v) is 3.06. The lowest BCUT2D eigenvalue weighted by Crippen LogP contribution is -2.34. The van der Waals surface area contributed by atoms with Gasteiger partial charge in [0.25, 0.3) is 0 Å². The number of amides is 1. The summed E-state index contributed by atoms with van der Waals surface area (Å²) < 4.78 is 0. The fourth-order valence-electron chi connectivity index (χ4n) is 1.59. The number of nitrogens with two attached hydrogens (primary N) is 1. The quantitative estimate of drug-likeness (QED) is 0.568. The van der Waals surface area contributed by atoms with Gasteiger partial charge in [0.15, 0.2) is 0 Å². The first-order valence-electron chi connectivity index (χ1n) is 5.82. The van der Waals surface area contributed by atoms with Crippen molar-refractivity contribution in [1.29, 1.82) is 0 Å². The number of carbonyl (C=O) groups is 1. The van der Waals surface area contributed by atoms with Gasteiger partial charge >= 0.3 is 0 Å². The van der Waals surface area contributed by atoms with E-state index in [1.165, 1.54) is 0 Å². The number of aliphatic hydroxyl groups is 1. The van der Waals surface area contributed by atoms with Crippen LogP contribution in [0.1, 0.15) is 32.6 Å². The van der Waals surface area contributed by atoms with Gasteiger partial charge in [-0.25, -0.2) is 0 Å². The van der Waals surface area contributed by atoms with Gasteiger partial charge in [-0.3, -0.25) is 4.79 Å². The zero-order chi connectivity index (χ0) is 11.3. The Morgan fingerprint density at radius 3 is 2.73 bits per heavy atom. The minimum absolute atomic E-state index is 0.00648. The van der Waals surface area contributed by atoms with Crippen molar-refractivity contribution in [1.82, 2.24) is 5.32 Å². The molecule has 0 aromatic carbocycles. The minimum Gasteiger partial charge on any atom is -0.391 e. The van der Waals surface area contributed by atoms with Crippen LogP contribution in [-0.2, 0) is 4.79 Å². The molecule has 15 heavy (non-hydrogen) atoms. The predicted molar refractivity (Wildman–Crippen MR) is 59.2 cm³/mol. The van der Waals surface area contributed by atoms with Crippen molar-refractivity contribution < 1.29 is 9.90 Å². The van der Waals surface area contributed by atoms with E-state index in [-0.39, 0.29) is 17.9 Å². The van der Waals surface area contributed by atoms with Crippen molar-refractivity contribution in [2.75, 3.05) is 13.1 Å². The molecule has 1 saturated carbocycles. The molecule has 0 aliphatic heterocycles. The van der Waals surface area contributed by atoms with Gasteiger partial charge in [0.05, 0.1) is 6.10 Å². The Bertz CT molecular complexity index is 201. The van der Waals surface area contributed by atoms with Gasteiger partial charge in [0.2, 0.25) is 5.91 Å². The van der Waals surface area contributed by atoms with Crippen molar-refractivity contribution in [2.45, 2.75) is 38.7 Å². The molecule has 0 aromatic heterocycles. The van der Waals surface area contributed by atoms with Crippen molar-refractivity contribution in [3.63, 3.8) is 0 Å². The first kappa shape index (κ1) is 12.5. The van der Waals surface area contributed by atoms with E-state index < -0.39 is 0 Å². The van der Waals surface area contributed by atoms with E-state index in [2.05, 4.69) is 5.32 Å². The summed E-state index contributed by atoms with van der Waals surface area (Å²) in [6.07, 6.45) is 3.24. The molecule has 1 rings (SSSR count). The molecule has 1 aliphatic carbocycles. The van der Waals surface area contributed by atoms with E-state index in [1.54, 1.807) is 0 Å². The first-order valence-corrected chi connectivity index (χ1v) is 5.82. The molecule has 4 nitrogen and oxygen atoms in total. The zero-order valence-corrected chi connectivity index (χ0v) is 9.41. The first-order chi connectivity index (χ1) is 7.17. The summed E-state index contributed by atoms with van der Waals surface area (Å²) in [5.41, 5.74) is 5.52. The van der Waals surface area contributed by atoms with Gasteiger partial charge in [0, 0.05) is 13.0 Å². The van der Waals surface area contributed by atoms with Crippen LogP contribution in [0.5, 0.6) is 0 Å². The van der Waals surface area contributed by atoms with Crippen LogP contribution >= 0.6 is 0 Å². The van der Waals surface area contributed by atoms with Crippen LogP contribution in [0.4, 0.5) is 0 Å². The van der Waals surface area contributed by atoms with Crippen LogP contribution in [0, 0.1) is 11.8 Å². The lowest BCUT2D eigenvalue weighted by Gasteiger charge is -2.14. The number of hydrogen-bond donors (Lipinski definition) is 3.